The van der Waals surface area contributed by atoms with Crippen LogP contribution in [-0.2, 0) is 11.8 Å². The van der Waals surface area contributed by atoms with Gasteiger partial charge < -0.3 is 9.80 Å². The van der Waals surface area contributed by atoms with Crippen LogP contribution in [0, 0.1) is 6.92 Å². The van der Waals surface area contributed by atoms with Gasteiger partial charge in [0.2, 0.25) is 0 Å². The fourth-order valence-electron chi connectivity index (χ4n) is 12.5. The SMILES string of the molecule is Cc1cc(N(c2ccc(-c3ccccc3)cc2)c2cccc3c2sc2ccccc23)c2cc3c4c(cc(N(c5ccc(-c6ccccc6)cc5)c5cccc6c5sc5ccccc56)c5ccc1c2c54)CCC3(C)C. The third kappa shape index (κ3) is 6.61. The lowest BCUT2D eigenvalue weighted by atomic mass is 9.70. The van der Waals surface area contributed by atoms with Gasteiger partial charge in [-0.05, 0) is 147 Å². The number of aryl methyl sites for hydroxylation is 2. The molecule has 74 heavy (non-hydrogen) atoms. The zero-order valence-electron chi connectivity index (χ0n) is 41.5. The highest BCUT2D eigenvalue weighted by Crippen LogP contribution is 2.56. The van der Waals surface area contributed by atoms with Gasteiger partial charge in [-0.2, -0.15) is 0 Å². The molecule has 0 amide bonds. The summed E-state index contributed by atoms with van der Waals surface area (Å²) in [5.74, 6) is 0. The minimum absolute atomic E-state index is 0.0489. The molecule has 2 heterocycles. The van der Waals surface area contributed by atoms with Crippen molar-refractivity contribution in [2.24, 2.45) is 0 Å². The van der Waals surface area contributed by atoms with E-state index in [2.05, 4.69) is 255 Å². The maximum Gasteiger partial charge on any atom is 0.0640 e. The molecule has 4 heteroatoms. The van der Waals surface area contributed by atoms with Crippen LogP contribution in [0.5, 0.6) is 0 Å². The molecule has 1 aliphatic rings. The summed E-state index contributed by atoms with van der Waals surface area (Å²) in [5, 5.41) is 13.2. The van der Waals surface area contributed by atoms with Gasteiger partial charge in [0.1, 0.15) is 0 Å². The van der Waals surface area contributed by atoms with E-state index in [4.69, 9.17) is 0 Å². The van der Waals surface area contributed by atoms with Gasteiger partial charge in [0.25, 0.3) is 0 Å². The number of nitrogens with zero attached hydrogens (tertiary/aromatic N) is 2. The first-order chi connectivity index (χ1) is 36.4. The van der Waals surface area contributed by atoms with Crippen LogP contribution in [0.2, 0.25) is 0 Å². The Hall–Kier alpha value is -8.28. The molecule has 0 saturated carbocycles. The largest absolute Gasteiger partial charge is 0.308 e. The Bertz CT molecular complexity index is 4510. The Kier molecular flexibility index (Phi) is 9.73. The fourth-order valence-corrected chi connectivity index (χ4v) is 14.9. The number of hydrogen-bond donors (Lipinski definition) is 0. The Labute approximate surface area is 439 Å². The molecule has 2 nitrogen and oxygen atoms in total. The summed E-state index contributed by atoms with van der Waals surface area (Å²) in [5.41, 5.74) is 16.0. The highest BCUT2D eigenvalue weighted by molar-refractivity contribution is 7.26. The third-order valence-corrected chi connectivity index (χ3v) is 18.6. The molecule has 352 valence electrons. The first kappa shape index (κ1) is 43.3. The van der Waals surface area contributed by atoms with E-state index >= 15 is 0 Å². The van der Waals surface area contributed by atoms with E-state index in [1.807, 2.05) is 22.7 Å². The number of anilines is 6. The molecule has 14 aromatic rings. The van der Waals surface area contributed by atoms with Crippen molar-refractivity contribution >= 4 is 129 Å². The first-order valence-electron chi connectivity index (χ1n) is 25.9. The van der Waals surface area contributed by atoms with Crippen LogP contribution in [0.1, 0.15) is 37.0 Å². The van der Waals surface area contributed by atoms with E-state index in [1.165, 1.54) is 134 Å². The highest BCUT2D eigenvalue weighted by atomic mass is 32.1. The molecule has 2 aromatic heterocycles. The van der Waals surface area contributed by atoms with Crippen LogP contribution in [-0.4, -0.2) is 0 Å². The molecule has 0 N–H and O–H groups in total. The Morgan fingerprint density at radius 1 is 0.365 bits per heavy atom. The fraction of sp³-hybridized carbons (Fsp3) is 0.0857. The quantitative estimate of drug-likeness (QED) is 0.140. The molecule has 0 radical (unpaired) electrons. The van der Waals surface area contributed by atoms with Gasteiger partial charge in [-0.15, -0.1) is 22.7 Å². The van der Waals surface area contributed by atoms with E-state index in [0.717, 1.165) is 24.2 Å². The van der Waals surface area contributed by atoms with E-state index < -0.39 is 0 Å². The van der Waals surface area contributed by atoms with Gasteiger partial charge in [0.05, 0.1) is 32.1 Å². The van der Waals surface area contributed by atoms with E-state index in [9.17, 15) is 0 Å². The van der Waals surface area contributed by atoms with Crippen LogP contribution in [0.4, 0.5) is 34.1 Å². The van der Waals surface area contributed by atoms with Crippen LogP contribution in [0.3, 0.4) is 0 Å². The average Bonchev–Trinajstić information content (AvgIpc) is 4.04. The van der Waals surface area contributed by atoms with E-state index in [-0.39, 0.29) is 5.41 Å². The van der Waals surface area contributed by atoms with E-state index in [0.29, 0.717) is 0 Å². The molecule has 0 unspecified atom stereocenters. The first-order valence-corrected chi connectivity index (χ1v) is 27.5. The minimum Gasteiger partial charge on any atom is -0.308 e. The summed E-state index contributed by atoms with van der Waals surface area (Å²) in [6.07, 6.45) is 2.07. The summed E-state index contributed by atoms with van der Waals surface area (Å²) in [6.45, 7) is 7.27. The number of benzene rings is 12. The highest BCUT2D eigenvalue weighted by Gasteiger charge is 2.34. The molecule has 0 aliphatic heterocycles. The lowest BCUT2D eigenvalue weighted by molar-refractivity contribution is 0.475. The topological polar surface area (TPSA) is 6.48 Å². The van der Waals surface area contributed by atoms with Crippen LogP contribution in [0.25, 0.3) is 94.9 Å². The Balaban J connectivity index is 1.03. The van der Waals surface area contributed by atoms with Crippen molar-refractivity contribution in [1.29, 1.82) is 0 Å². The van der Waals surface area contributed by atoms with Gasteiger partial charge in [-0.3, -0.25) is 0 Å². The zero-order valence-corrected chi connectivity index (χ0v) is 43.1. The van der Waals surface area contributed by atoms with Gasteiger partial charge in [0.15, 0.2) is 0 Å². The number of fused-ring (bicyclic) bond motifs is 6. The normalized spacial score (nSPS) is 13.3. The molecule has 0 atom stereocenters. The predicted octanol–water partition coefficient (Wildman–Crippen LogP) is 21.1. The number of rotatable bonds is 8. The standard InChI is InChI=1S/C70H50N2S2/c1-43-40-61(71(49-32-28-46(29-33-49)44-16-6-4-7-17-44)59-24-14-22-54-52-20-10-12-26-63(52)73-68(54)59)57-42-58-65-48(38-39-70(58,2)3)41-62(56-37-36-51(43)66(57)67(56)65)72(50-34-30-47(31-35-50)45-18-8-5-9-19-45)60-25-15-23-55-53-21-11-13-27-64(53)74-69(55)60/h4-37,40-42H,38-39H2,1-3H3. The number of hydrogen-bond acceptors (Lipinski definition) is 4. The van der Waals surface area contributed by atoms with Crippen LogP contribution >= 0.6 is 22.7 Å². The lowest BCUT2D eigenvalue weighted by Crippen LogP contribution is -2.24. The van der Waals surface area contributed by atoms with Crippen molar-refractivity contribution in [2.45, 2.75) is 39.0 Å². The second kappa shape index (κ2) is 16.6. The maximum absolute atomic E-state index is 2.61. The molecule has 1 aliphatic carbocycles. The Morgan fingerprint density at radius 2 is 0.838 bits per heavy atom. The molecule has 0 spiro atoms. The van der Waals surface area contributed by atoms with Crippen molar-refractivity contribution in [2.75, 3.05) is 9.80 Å². The summed E-state index contributed by atoms with van der Waals surface area (Å²) in [7, 11) is 0. The monoisotopic (exact) mass is 982 g/mol. The maximum atomic E-state index is 2.61. The second-order valence-electron chi connectivity index (χ2n) is 20.9. The minimum atomic E-state index is -0.0489. The molecule has 0 saturated heterocycles. The van der Waals surface area contributed by atoms with E-state index in [1.54, 1.807) is 0 Å². The van der Waals surface area contributed by atoms with Crippen molar-refractivity contribution in [3.63, 3.8) is 0 Å². The van der Waals surface area contributed by atoms with Gasteiger partial charge in [-0.25, -0.2) is 0 Å². The molecule has 12 aromatic carbocycles. The van der Waals surface area contributed by atoms with Gasteiger partial charge >= 0.3 is 0 Å². The summed E-state index contributed by atoms with van der Waals surface area (Å²) in [4.78, 5) is 5.17. The smallest absolute Gasteiger partial charge is 0.0640 e. The van der Waals surface area contributed by atoms with Crippen molar-refractivity contribution in [3.05, 3.63) is 241 Å². The van der Waals surface area contributed by atoms with Crippen molar-refractivity contribution < 1.29 is 0 Å². The molecular weight excluding hydrogens is 933 g/mol. The van der Waals surface area contributed by atoms with Crippen molar-refractivity contribution in [1.82, 2.24) is 0 Å². The van der Waals surface area contributed by atoms with Crippen LogP contribution < -0.4 is 9.80 Å². The Morgan fingerprint density at radius 3 is 1.39 bits per heavy atom. The summed E-state index contributed by atoms with van der Waals surface area (Å²) < 4.78 is 5.20. The molecule has 0 bridgehead atoms. The van der Waals surface area contributed by atoms with Crippen molar-refractivity contribution in [3.8, 4) is 22.3 Å². The molecule has 15 rings (SSSR count). The average molecular weight is 983 g/mol. The molecule has 0 fully saturated rings. The van der Waals surface area contributed by atoms with Gasteiger partial charge in [0, 0.05) is 58.5 Å². The molecular formula is C70H50N2S2. The lowest BCUT2D eigenvalue weighted by Gasteiger charge is -2.37. The predicted molar refractivity (Wildman–Crippen MR) is 322 cm³/mol. The van der Waals surface area contributed by atoms with Crippen LogP contribution in [0.15, 0.2) is 224 Å². The number of thiophene rings is 2. The summed E-state index contributed by atoms with van der Waals surface area (Å²) in [6, 6.07) is 84.2. The zero-order chi connectivity index (χ0) is 49.2. The second-order valence-corrected chi connectivity index (χ2v) is 23.0. The third-order valence-electron chi connectivity index (χ3n) is 16.2. The van der Waals surface area contributed by atoms with Gasteiger partial charge in [-0.1, -0.05) is 172 Å². The summed E-state index contributed by atoms with van der Waals surface area (Å²) >= 11 is 3.80.